The fourth-order valence-corrected chi connectivity index (χ4v) is 7.91. The van der Waals surface area contributed by atoms with Gasteiger partial charge in [0.2, 0.25) is 11.4 Å². The zero-order valence-electron chi connectivity index (χ0n) is 23.3. The molecule has 2 nitrogen and oxygen atoms in total. The number of allylic oxidation sites excluding steroid dienone is 2. The number of benzene rings is 2. The van der Waals surface area contributed by atoms with E-state index in [-0.39, 0.29) is 0 Å². The van der Waals surface area contributed by atoms with Gasteiger partial charge in [-0.1, -0.05) is 37.1 Å². The van der Waals surface area contributed by atoms with Gasteiger partial charge in [-0.2, -0.15) is 0 Å². The van der Waals surface area contributed by atoms with Gasteiger partial charge in [0.15, 0.2) is 12.4 Å². The van der Waals surface area contributed by atoms with E-state index in [2.05, 4.69) is 105 Å². The van der Waals surface area contributed by atoms with Crippen molar-refractivity contribution in [3.8, 4) is 22.5 Å². The van der Waals surface area contributed by atoms with Crippen LogP contribution in [0.25, 0.3) is 28.1 Å². The summed E-state index contributed by atoms with van der Waals surface area (Å²) >= 11 is 0. The summed E-state index contributed by atoms with van der Waals surface area (Å²) in [4.78, 5) is 0. The van der Waals surface area contributed by atoms with E-state index >= 15 is 0 Å². The number of nitrogens with zero attached hydrogens (tertiary/aromatic N) is 2. The van der Waals surface area contributed by atoms with Gasteiger partial charge in [-0.15, -0.1) is 9.13 Å². The van der Waals surface area contributed by atoms with Crippen LogP contribution in [0.3, 0.4) is 0 Å². The number of aromatic nitrogens is 2. The third-order valence-corrected chi connectivity index (χ3v) is 9.96. The molecule has 8 rings (SSSR count). The average molecular weight is 497 g/mol. The van der Waals surface area contributed by atoms with Crippen LogP contribution < -0.4 is 9.13 Å². The average Bonchev–Trinajstić information content (AvgIpc) is 3.52. The Hall–Kier alpha value is -3.52. The number of rotatable bonds is 1. The smallest absolute Gasteiger partial charge is 0.125 e. The molecule has 2 aliphatic carbocycles. The Labute approximate surface area is 226 Å². The summed E-state index contributed by atoms with van der Waals surface area (Å²) in [5.41, 5.74) is 19.8. The third-order valence-electron chi connectivity index (χ3n) is 9.96. The molecule has 2 aromatic heterocycles. The molecule has 4 aromatic rings. The number of hydrogen-bond acceptors (Lipinski definition) is 0. The SMILES string of the molecule is Cc1ccc2c(c1)C1(c3ccc4c(c3-c3ccc(C(C)C)c[n+]31)CC1=C4CCCC1)[n+]1cc(C)c(C)cc1-2. The zero-order valence-corrected chi connectivity index (χ0v) is 23.3. The number of pyridine rings is 2. The molecule has 1 spiro atoms. The first-order chi connectivity index (χ1) is 18.4. The van der Waals surface area contributed by atoms with Crippen molar-refractivity contribution in [3.05, 3.63) is 111 Å². The fourth-order valence-electron chi connectivity index (χ4n) is 7.91. The molecule has 0 radical (unpaired) electrons. The monoisotopic (exact) mass is 496 g/mol. The molecule has 0 saturated heterocycles. The molecule has 2 aliphatic heterocycles. The van der Waals surface area contributed by atoms with Gasteiger partial charge in [-0.3, -0.25) is 0 Å². The maximum atomic E-state index is 2.65. The summed E-state index contributed by atoms with van der Waals surface area (Å²) in [5.74, 6) is 0.468. The van der Waals surface area contributed by atoms with Crippen molar-refractivity contribution >= 4 is 5.57 Å². The lowest BCUT2D eigenvalue weighted by Gasteiger charge is -2.19. The lowest BCUT2D eigenvalue weighted by Crippen LogP contribution is -2.71. The first-order valence-corrected chi connectivity index (χ1v) is 14.5. The minimum Gasteiger partial charge on any atom is -0.125 e. The van der Waals surface area contributed by atoms with Crippen LogP contribution in [0, 0.1) is 20.8 Å². The minimum atomic E-state index is -0.414. The molecular weight excluding hydrogens is 460 g/mol. The largest absolute Gasteiger partial charge is 0.417 e. The van der Waals surface area contributed by atoms with Gasteiger partial charge in [0, 0.05) is 23.3 Å². The molecule has 0 fully saturated rings. The van der Waals surface area contributed by atoms with Crippen molar-refractivity contribution in [3.63, 3.8) is 0 Å². The van der Waals surface area contributed by atoms with Crippen LogP contribution >= 0.6 is 0 Å². The molecule has 4 heterocycles. The lowest BCUT2D eigenvalue weighted by atomic mass is 9.85. The summed E-state index contributed by atoms with van der Waals surface area (Å²) in [6, 6.07) is 19.3. The standard InChI is InChI=1S/C36H36N2/c1-21(2)26-11-15-33-35-30-18-25-8-6-7-9-27(25)28(30)13-14-31(35)36(38(33)20-26)32-16-22(3)10-12-29(32)34-17-23(4)24(5)19-37(34)36/h10-17,19-21H,6-9,18H2,1-5H3/q+2. The van der Waals surface area contributed by atoms with Crippen LogP contribution in [0.1, 0.15) is 90.0 Å². The van der Waals surface area contributed by atoms with E-state index in [0.29, 0.717) is 5.92 Å². The minimum absolute atomic E-state index is 0.414. The number of aryl methyl sites for hydroxylation is 3. The second kappa shape index (κ2) is 7.53. The molecule has 1 unspecified atom stereocenters. The highest BCUT2D eigenvalue weighted by molar-refractivity contribution is 5.86. The van der Waals surface area contributed by atoms with Crippen LogP contribution in [0.4, 0.5) is 0 Å². The lowest BCUT2D eigenvalue weighted by molar-refractivity contribution is -0.955. The van der Waals surface area contributed by atoms with Crippen molar-refractivity contribution in [1.29, 1.82) is 0 Å². The van der Waals surface area contributed by atoms with E-state index in [1.807, 2.05) is 0 Å². The Morgan fingerprint density at radius 1 is 0.737 bits per heavy atom. The van der Waals surface area contributed by atoms with Crippen molar-refractivity contribution in [2.45, 2.75) is 78.3 Å². The van der Waals surface area contributed by atoms with Crippen LogP contribution in [0.15, 0.2) is 66.5 Å². The second-order valence-electron chi connectivity index (χ2n) is 12.5. The Morgan fingerprint density at radius 2 is 1.53 bits per heavy atom. The summed E-state index contributed by atoms with van der Waals surface area (Å²) in [7, 11) is 0. The van der Waals surface area contributed by atoms with Crippen molar-refractivity contribution in [2.24, 2.45) is 0 Å². The van der Waals surface area contributed by atoms with E-state index in [0.717, 1.165) is 6.42 Å². The van der Waals surface area contributed by atoms with Gasteiger partial charge in [0.05, 0.1) is 11.1 Å². The first-order valence-electron chi connectivity index (χ1n) is 14.5. The third kappa shape index (κ3) is 2.64. The Morgan fingerprint density at radius 3 is 2.37 bits per heavy atom. The van der Waals surface area contributed by atoms with E-state index in [4.69, 9.17) is 0 Å². The van der Waals surface area contributed by atoms with Gasteiger partial charge >= 0.3 is 5.66 Å². The van der Waals surface area contributed by atoms with Crippen molar-refractivity contribution < 1.29 is 9.13 Å². The number of fused-ring (bicyclic) bond motifs is 13. The highest BCUT2D eigenvalue weighted by Crippen LogP contribution is 2.53. The molecule has 0 bridgehead atoms. The van der Waals surface area contributed by atoms with Gasteiger partial charge in [0.1, 0.15) is 11.1 Å². The summed E-state index contributed by atoms with van der Waals surface area (Å²) < 4.78 is 5.25. The van der Waals surface area contributed by atoms with Gasteiger partial charge in [-0.25, -0.2) is 0 Å². The maximum absolute atomic E-state index is 2.65. The van der Waals surface area contributed by atoms with E-state index in [1.165, 1.54) is 87.1 Å². The number of hydrogen-bond donors (Lipinski definition) is 0. The van der Waals surface area contributed by atoms with Gasteiger partial charge < -0.3 is 0 Å². The van der Waals surface area contributed by atoms with E-state index in [9.17, 15) is 0 Å². The predicted molar refractivity (Wildman–Crippen MR) is 153 cm³/mol. The molecule has 4 aliphatic rings. The van der Waals surface area contributed by atoms with Gasteiger partial charge in [0.25, 0.3) is 0 Å². The summed E-state index contributed by atoms with van der Waals surface area (Å²) in [5, 5.41) is 0. The van der Waals surface area contributed by atoms with Crippen molar-refractivity contribution in [1.82, 2.24) is 0 Å². The predicted octanol–water partition coefficient (Wildman–Crippen LogP) is 7.45. The normalized spacial score (nSPS) is 19.9. The van der Waals surface area contributed by atoms with Crippen molar-refractivity contribution in [2.75, 3.05) is 0 Å². The maximum Gasteiger partial charge on any atom is 0.417 e. The van der Waals surface area contributed by atoms with E-state index in [1.54, 1.807) is 16.7 Å². The van der Waals surface area contributed by atoms with Crippen LogP contribution in [0.5, 0.6) is 0 Å². The van der Waals surface area contributed by atoms with Crippen LogP contribution in [-0.2, 0) is 12.1 Å². The molecule has 0 saturated carbocycles. The summed E-state index contributed by atoms with van der Waals surface area (Å²) in [6.07, 6.45) is 11.2. The Balaban J connectivity index is 1.53. The summed E-state index contributed by atoms with van der Waals surface area (Å²) in [6.45, 7) is 11.4. The van der Waals surface area contributed by atoms with Gasteiger partial charge in [-0.05, 0) is 105 Å². The molecule has 0 amide bonds. The van der Waals surface area contributed by atoms with E-state index < -0.39 is 5.66 Å². The second-order valence-corrected chi connectivity index (χ2v) is 12.5. The highest BCUT2D eigenvalue weighted by Gasteiger charge is 2.67. The fraction of sp³-hybridized carbons (Fsp3) is 0.333. The van der Waals surface area contributed by atoms with Crippen LogP contribution in [0.2, 0.25) is 0 Å². The molecule has 0 N–H and O–H groups in total. The topological polar surface area (TPSA) is 7.76 Å². The quantitative estimate of drug-likeness (QED) is 0.209. The Bertz CT molecular complexity index is 1750. The first kappa shape index (κ1) is 22.5. The Kier molecular flexibility index (Phi) is 4.45. The zero-order chi connectivity index (χ0) is 25.9. The molecule has 2 heteroatoms. The molecular formula is C36H36N2+2. The molecule has 188 valence electrons. The molecule has 1 atom stereocenters. The highest BCUT2D eigenvalue weighted by atomic mass is 15.3. The van der Waals surface area contributed by atoms with Crippen LogP contribution in [-0.4, -0.2) is 0 Å². The molecule has 2 aromatic carbocycles. The molecule has 38 heavy (non-hydrogen) atoms.